The molecule has 2 rings (SSSR count). The molecule has 0 saturated heterocycles. The van der Waals surface area contributed by atoms with Crippen LogP contribution in [0.5, 0.6) is 0 Å². The van der Waals surface area contributed by atoms with Gasteiger partial charge in [0.1, 0.15) is 0 Å². The summed E-state index contributed by atoms with van der Waals surface area (Å²) in [5.41, 5.74) is 5.19. The second-order valence-electron chi connectivity index (χ2n) is 4.34. The molecule has 0 bridgehead atoms. The lowest BCUT2D eigenvalue weighted by molar-refractivity contribution is 1.14. The van der Waals surface area contributed by atoms with Gasteiger partial charge in [-0.25, -0.2) is 0 Å². The molecule has 0 aromatic heterocycles. The van der Waals surface area contributed by atoms with E-state index in [1.54, 1.807) is 0 Å². The van der Waals surface area contributed by atoms with Crippen LogP contribution in [-0.2, 0) is 6.42 Å². The molecule has 0 unspecified atom stereocenters. The standard InChI is InChI=1S/C17H18.2C2H6/c1-3-15-8-10-17(11-9-15)13-12-16-6-4-14(2)5-7-16;2*1-2/h4-13H,3H2,1-2H3;2*1-2H3/b13-12+;;. The van der Waals surface area contributed by atoms with Gasteiger partial charge in [0, 0.05) is 0 Å². The molecule has 114 valence electrons. The molecule has 2 aromatic carbocycles. The molecule has 0 spiro atoms. The summed E-state index contributed by atoms with van der Waals surface area (Å²) in [6.07, 6.45) is 5.41. The molecular formula is C21H30. The Labute approximate surface area is 131 Å². The highest BCUT2D eigenvalue weighted by molar-refractivity contribution is 5.69. The summed E-state index contributed by atoms with van der Waals surface area (Å²) in [5.74, 6) is 0. The fourth-order valence-electron chi connectivity index (χ4n) is 1.73. The molecule has 0 heteroatoms. The van der Waals surface area contributed by atoms with E-state index < -0.39 is 0 Å². The number of hydrogen-bond donors (Lipinski definition) is 0. The number of hydrogen-bond acceptors (Lipinski definition) is 0. The predicted octanol–water partition coefficient (Wildman–Crippen LogP) is 6.78. The van der Waals surface area contributed by atoms with Gasteiger partial charge < -0.3 is 0 Å². The number of aryl methyl sites for hydroxylation is 2. The lowest BCUT2D eigenvalue weighted by atomic mass is 10.1. The summed E-state index contributed by atoms with van der Waals surface area (Å²) in [5, 5.41) is 0. The van der Waals surface area contributed by atoms with Crippen molar-refractivity contribution in [2.45, 2.75) is 48.0 Å². The monoisotopic (exact) mass is 282 g/mol. The Hall–Kier alpha value is -1.82. The van der Waals surface area contributed by atoms with E-state index in [0.29, 0.717) is 0 Å². The zero-order valence-electron chi connectivity index (χ0n) is 14.5. The first-order valence-corrected chi connectivity index (χ1v) is 8.11. The highest BCUT2D eigenvalue weighted by atomic mass is 14.0. The Bertz CT molecular complexity index is 487. The molecule has 0 radical (unpaired) electrons. The molecule has 21 heavy (non-hydrogen) atoms. The van der Waals surface area contributed by atoms with Gasteiger partial charge in [0.15, 0.2) is 0 Å². The van der Waals surface area contributed by atoms with E-state index in [2.05, 4.69) is 74.5 Å². The zero-order valence-corrected chi connectivity index (χ0v) is 14.5. The molecule has 0 amide bonds. The van der Waals surface area contributed by atoms with Crippen molar-refractivity contribution in [2.75, 3.05) is 0 Å². The van der Waals surface area contributed by atoms with Crippen LogP contribution in [0.3, 0.4) is 0 Å². The first kappa shape index (κ1) is 19.2. The van der Waals surface area contributed by atoms with Gasteiger partial charge in [-0.15, -0.1) is 0 Å². The molecule has 0 saturated carbocycles. The summed E-state index contributed by atoms with van der Waals surface area (Å²) < 4.78 is 0. The maximum absolute atomic E-state index is 2.19. The summed E-state index contributed by atoms with van der Waals surface area (Å²) >= 11 is 0. The lowest BCUT2D eigenvalue weighted by Crippen LogP contribution is -1.79. The first-order valence-electron chi connectivity index (χ1n) is 8.11. The molecule has 0 atom stereocenters. The molecule has 0 N–H and O–H groups in total. The topological polar surface area (TPSA) is 0 Å². The molecule has 0 heterocycles. The molecular weight excluding hydrogens is 252 g/mol. The van der Waals surface area contributed by atoms with Crippen molar-refractivity contribution in [3.8, 4) is 0 Å². The SMILES string of the molecule is CC.CC.CCc1ccc(/C=C/c2ccc(C)cc2)cc1. The Morgan fingerprint density at radius 3 is 1.43 bits per heavy atom. The fourth-order valence-corrected chi connectivity index (χ4v) is 1.73. The largest absolute Gasteiger partial charge is 0.0683 e. The van der Waals surface area contributed by atoms with Crippen molar-refractivity contribution in [1.82, 2.24) is 0 Å². The molecule has 0 aliphatic heterocycles. The maximum Gasteiger partial charge on any atom is -0.0256 e. The molecule has 0 fully saturated rings. The van der Waals surface area contributed by atoms with E-state index >= 15 is 0 Å². The normalized spacial score (nSPS) is 9.43. The molecule has 0 aliphatic carbocycles. The van der Waals surface area contributed by atoms with Gasteiger partial charge in [-0.05, 0) is 30.0 Å². The summed E-state index contributed by atoms with van der Waals surface area (Å²) in [6, 6.07) is 17.3. The van der Waals surface area contributed by atoms with Gasteiger partial charge in [-0.1, -0.05) is 101 Å². The fraction of sp³-hybridized carbons (Fsp3) is 0.333. The van der Waals surface area contributed by atoms with Crippen molar-refractivity contribution >= 4 is 12.2 Å². The Morgan fingerprint density at radius 2 is 1.05 bits per heavy atom. The third kappa shape index (κ3) is 7.51. The Morgan fingerprint density at radius 1 is 0.667 bits per heavy atom. The predicted molar refractivity (Wildman–Crippen MR) is 98.6 cm³/mol. The Balaban J connectivity index is 0.000000921. The van der Waals surface area contributed by atoms with Crippen LogP contribution in [0, 0.1) is 6.92 Å². The third-order valence-corrected chi connectivity index (χ3v) is 2.93. The van der Waals surface area contributed by atoms with Gasteiger partial charge >= 0.3 is 0 Å². The zero-order chi connectivity index (χ0) is 16.1. The van der Waals surface area contributed by atoms with Crippen molar-refractivity contribution in [3.05, 3.63) is 70.8 Å². The van der Waals surface area contributed by atoms with Crippen molar-refractivity contribution in [1.29, 1.82) is 0 Å². The van der Waals surface area contributed by atoms with E-state index in [1.807, 2.05) is 27.7 Å². The summed E-state index contributed by atoms with van der Waals surface area (Å²) in [4.78, 5) is 0. The lowest BCUT2D eigenvalue weighted by Gasteiger charge is -1.98. The molecule has 0 aliphatic rings. The minimum Gasteiger partial charge on any atom is -0.0683 e. The van der Waals surface area contributed by atoms with Gasteiger partial charge in [0.2, 0.25) is 0 Å². The van der Waals surface area contributed by atoms with Crippen LogP contribution in [0.15, 0.2) is 48.5 Å². The summed E-state index contributed by atoms with van der Waals surface area (Å²) in [6.45, 7) is 12.3. The molecule has 2 aromatic rings. The quantitative estimate of drug-likeness (QED) is 0.544. The van der Waals surface area contributed by atoms with E-state index in [0.717, 1.165) is 6.42 Å². The van der Waals surface area contributed by atoms with Gasteiger partial charge in [0.25, 0.3) is 0 Å². The highest BCUT2D eigenvalue weighted by Crippen LogP contribution is 2.10. The second kappa shape index (κ2) is 12.0. The van der Waals surface area contributed by atoms with Crippen LogP contribution in [0.4, 0.5) is 0 Å². The minimum atomic E-state index is 1.10. The average Bonchev–Trinajstić information content (AvgIpc) is 2.58. The number of rotatable bonds is 3. The first-order chi connectivity index (χ1) is 10.3. The van der Waals surface area contributed by atoms with Crippen LogP contribution in [0.1, 0.15) is 56.9 Å². The van der Waals surface area contributed by atoms with Crippen LogP contribution in [-0.4, -0.2) is 0 Å². The van der Waals surface area contributed by atoms with Crippen LogP contribution in [0.2, 0.25) is 0 Å². The van der Waals surface area contributed by atoms with Crippen LogP contribution in [0.25, 0.3) is 12.2 Å². The smallest absolute Gasteiger partial charge is 0.0256 e. The van der Waals surface area contributed by atoms with Crippen molar-refractivity contribution in [3.63, 3.8) is 0 Å². The molecule has 0 nitrogen and oxygen atoms in total. The summed E-state index contributed by atoms with van der Waals surface area (Å²) in [7, 11) is 0. The van der Waals surface area contributed by atoms with Crippen molar-refractivity contribution in [2.24, 2.45) is 0 Å². The number of benzene rings is 2. The van der Waals surface area contributed by atoms with Gasteiger partial charge in [-0.3, -0.25) is 0 Å². The van der Waals surface area contributed by atoms with Crippen LogP contribution >= 0.6 is 0 Å². The maximum atomic E-state index is 2.19. The van der Waals surface area contributed by atoms with Gasteiger partial charge in [0.05, 0.1) is 0 Å². The van der Waals surface area contributed by atoms with E-state index in [9.17, 15) is 0 Å². The third-order valence-electron chi connectivity index (χ3n) is 2.93. The highest BCUT2D eigenvalue weighted by Gasteiger charge is 1.90. The average molecular weight is 282 g/mol. The van der Waals surface area contributed by atoms with E-state index in [1.165, 1.54) is 22.3 Å². The van der Waals surface area contributed by atoms with E-state index in [-0.39, 0.29) is 0 Å². The Kier molecular flexibility index (Phi) is 10.9. The van der Waals surface area contributed by atoms with E-state index in [4.69, 9.17) is 0 Å². The minimum absolute atomic E-state index is 1.10. The van der Waals surface area contributed by atoms with Crippen molar-refractivity contribution < 1.29 is 0 Å². The second-order valence-corrected chi connectivity index (χ2v) is 4.34. The van der Waals surface area contributed by atoms with Crippen LogP contribution < -0.4 is 0 Å². The van der Waals surface area contributed by atoms with Gasteiger partial charge in [-0.2, -0.15) is 0 Å².